The summed E-state index contributed by atoms with van der Waals surface area (Å²) >= 11 is 0. The van der Waals surface area contributed by atoms with Gasteiger partial charge in [-0.2, -0.15) is 0 Å². The van der Waals surface area contributed by atoms with Gasteiger partial charge in [-0.3, -0.25) is 37.3 Å². The van der Waals surface area contributed by atoms with Gasteiger partial charge in [0, 0.05) is 25.7 Å². The van der Waals surface area contributed by atoms with Crippen molar-refractivity contribution in [2.75, 3.05) is 39.6 Å². The van der Waals surface area contributed by atoms with Crippen LogP contribution in [0.3, 0.4) is 0 Å². The topological polar surface area (TPSA) is 237 Å². The molecule has 4 unspecified atom stereocenters. The van der Waals surface area contributed by atoms with Crippen molar-refractivity contribution in [3.63, 3.8) is 0 Å². The highest BCUT2D eigenvalue weighted by atomic mass is 31.2. The summed E-state index contributed by atoms with van der Waals surface area (Å²) in [4.78, 5) is 72.6. The van der Waals surface area contributed by atoms with E-state index in [1.165, 1.54) is 103 Å². The number of hydrogen-bond donors (Lipinski definition) is 3. The van der Waals surface area contributed by atoms with Gasteiger partial charge in [-0.1, -0.05) is 243 Å². The van der Waals surface area contributed by atoms with Gasteiger partial charge in [-0.15, -0.1) is 0 Å². The van der Waals surface area contributed by atoms with E-state index in [-0.39, 0.29) is 25.7 Å². The maximum absolute atomic E-state index is 13.0. The maximum atomic E-state index is 13.0. The standard InChI is InChI=1S/C73H134O17P2/c1-5-9-13-17-21-25-29-31-33-35-39-41-45-49-53-57-70(75)83-63-68(89-72(77)59-55-51-47-43-37-27-23-19-15-11-7-3)65-87-91(79,80)85-61-67(74)62-86-92(81,82)88-66-69(90-73(78)60-56-52-48-44-38-28-24-20-16-12-8-4)64-84-71(76)58-54-50-46-42-40-36-34-32-30-26-22-18-14-10-6-2/h19-20,23-24,31-34,67-69,74H,5-18,21-22,25-30,35-66H2,1-4H3,(H,79,80)(H,81,82)/b23-19-,24-20-,33-31-,34-32-. The first-order valence-corrected chi connectivity index (χ1v) is 39.9. The van der Waals surface area contributed by atoms with Gasteiger partial charge >= 0.3 is 39.5 Å². The fraction of sp³-hybridized carbons (Fsp3) is 0.836. The van der Waals surface area contributed by atoms with Gasteiger partial charge in [0.1, 0.15) is 19.3 Å². The van der Waals surface area contributed by atoms with Gasteiger partial charge in [0.2, 0.25) is 0 Å². The molecule has 0 fully saturated rings. The van der Waals surface area contributed by atoms with Crippen LogP contribution in [0.5, 0.6) is 0 Å². The Balaban J connectivity index is 5.28. The molecule has 0 amide bonds. The van der Waals surface area contributed by atoms with Crippen molar-refractivity contribution in [2.45, 2.75) is 354 Å². The summed E-state index contributed by atoms with van der Waals surface area (Å²) in [7, 11) is -9.93. The number of phosphoric ester groups is 2. The number of hydrogen-bond acceptors (Lipinski definition) is 15. The van der Waals surface area contributed by atoms with Gasteiger partial charge in [-0.05, 0) is 116 Å². The Morgan fingerprint density at radius 2 is 0.511 bits per heavy atom. The summed E-state index contributed by atoms with van der Waals surface area (Å²) in [5.41, 5.74) is 0. The highest BCUT2D eigenvalue weighted by Gasteiger charge is 2.30. The van der Waals surface area contributed by atoms with Crippen molar-refractivity contribution in [2.24, 2.45) is 0 Å². The molecule has 0 bridgehead atoms. The van der Waals surface area contributed by atoms with Crippen LogP contribution >= 0.6 is 15.6 Å². The van der Waals surface area contributed by atoms with Crippen LogP contribution in [-0.4, -0.2) is 96.7 Å². The fourth-order valence-electron chi connectivity index (χ4n) is 10.00. The second-order valence-corrected chi connectivity index (χ2v) is 27.8. The number of aliphatic hydroxyl groups is 1. The molecule has 0 aromatic heterocycles. The first-order chi connectivity index (χ1) is 44.7. The average Bonchev–Trinajstić information content (AvgIpc) is 2.46. The number of carbonyl (C=O) groups excluding carboxylic acids is 4. The largest absolute Gasteiger partial charge is 0.472 e. The van der Waals surface area contributed by atoms with Gasteiger partial charge in [0.15, 0.2) is 12.2 Å². The summed E-state index contributed by atoms with van der Waals surface area (Å²) in [6.07, 6.45) is 61.2. The zero-order valence-corrected chi connectivity index (χ0v) is 60.3. The third kappa shape index (κ3) is 65.7. The third-order valence-corrected chi connectivity index (χ3v) is 17.6. The lowest BCUT2D eigenvalue weighted by molar-refractivity contribution is -0.161. The van der Waals surface area contributed by atoms with Crippen LogP contribution in [0, 0.1) is 0 Å². The predicted molar refractivity (Wildman–Crippen MR) is 372 cm³/mol. The molecule has 0 aromatic carbocycles. The van der Waals surface area contributed by atoms with Crippen LogP contribution in [0.2, 0.25) is 0 Å². The minimum atomic E-state index is -4.96. The molecule has 19 heteroatoms. The quantitative estimate of drug-likeness (QED) is 0.0169. The Morgan fingerprint density at radius 1 is 0.293 bits per heavy atom. The molecule has 0 saturated carbocycles. The van der Waals surface area contributed by atoms with E-state index in [2.05, 4.69) is 76.3 Å². The van der Waals surface area contributed by atoms with E-state index in [1.807, 2.05) is 0 Å². The molecular formula is C73H134O17P2. The molecular weight excluding hydrogens is 1210 g/mol. The van der Waals surface area contributed by atoms with E-state index < -0.39 is 97.5 Å². The number of esters is 4. The summed E-state index contributed by atoms with van der Waals surface area (Å²) in [6, 6.07) is 0. The number of unbranched alkanes of at least 4 members (excludes halogenated alkanes) is 36. The molecule has 0 aliphatic carbocycles. The van der Waals surface area contributed by atoms with Crippen LogP contribution in [-0.2, 0) is 65.4 Å². The molecule has 0 saturated heterocycles. The summed E-state index contributed by atoms with van der Waals surface area (Å²) in [5, 5.41) is 10.6. The lowest BCUT2D eigenvalue weighted by Gasteiger charge is -2.21. The Morgan fingerprint density at radius 3 is 0.783 bits per heavy atom. The Kier molecular flexibility index (Phi) is 64.5. The second kappa shape index (κ2) is 66.6. The van der Waals surface area contributed by atoms with Crippen molar-refractivity contribution in [1.29, 1.82) is 0 Å². The van der Waals surface area contributed by atoms with E-state index in [0.717, 1.165) is 154 Å². The van der Waals surface area contributed by atoms with Crippen LogP contribution in [0.4, 0.5) is 0 Å². The molecule has 0 heterocycles. The second-order valence-electron chi connectivity index (χ2n) is 24.9. The smallest absolute Gasteiger partial charge is 0.462 e. The number of rotatable bonds is 70. The molecule has 4 atom stereocenters. The minimum absolute atomic E-state index is 0.0871. The lowest BCUT2D eigenvalue weighted by Crippen LogP contribution is -2.30. The zero-order chi connectivity index (χ0) is 67.5. The molecule has 3 N–H and O–H groups in total. The van der Waals surface area contributed by atoms with Crippen LogP contribution < -0.4 is 0 Å². The van der Waals surface area contributed by atoms with E-state index in [1.54, 1.807) is 0 Å². The van der Waals surface area contributed by atoms with Crippen LogP contribution in [0.15, 0.2) is 48.6 Å². The van der Waals surface area contributed by atoms with E-state index in [0.29, 0.717) is 25.7 Å². The van der Waals surface area contributed by atoms with Crippen molar-refractivity contribution in [3.05, 3.63) is 48.6 Å². The summed E-state index contributed by atoms with van der Waals surface area (Å²) in [5.74, 6) is -2.19. The minimum Gasteiger partial charge on any atom is -0.462 e. The van der Waals surface area contributed by atoms with Crippen LogP contribution in [0.1, 0.15) is 336 Å². The van der Waals surface area contributed by atoms with Gasteiger partial charge in [0.25, 0.3) is 0 Å². The third-order valence-electron chi connectivity index (χ3n) is 15.7. The van der Waals surface area contributed by atoms with Gasteiger partial charge in [-0.25, -0.2) is 9.13 Å². The highest BCUT2D eigenvalue weighted by molar-refractivity contribution is 7.47. The van der Waals surface area contributed by atoms with E-state index >= 15 is 0 Å². The van der Waals surface area contributed by atoms with Crippen molar-refractivity contribution >= 4 is 39.5 Å². The molecule has 0 aromatic rings. The van der Waals surface area contributed by atoms with E-state index in [4.69, 9.17) is 37.0 Å². The first kappa shape index (κ1) is 89.0. The van der Waals surface area contributed by atoms with E-state index in [9.17, 15) is 43.2 Å². The Hall–Kier alpha value is -2.98. The molecule has 92 heavy (non-hydrogen) atoms. The number of carbonyl (C=O) groups is 4. The van der Waals surface area contributed by atoms with Gasteiger partial charge in [0.05, 0.1) is 26.4 Å². The summed E-state index contributed by atoms with van der Waals surface area (Å²) < 4.78 is 68.3. The fourth-order valence-corrected chi connectivity index (χ4v) is 11.6. The molecule has 0 spiro atoms. The average molecular weight is 1350 g/mol. The maximum Gasteiger partial charge on any atom is 0.472 e. The molecule has 0 aliphatic rings. The number of ether oxygens (including phenoxy) is 4. The number of allylic oxidation sites excluding steroid dienone is 8. The van der Waals surface area contributed by atoms with Gasteiger partial charge < -0.3 is 33.8 Å². The Labute approximate surface area is 559 Å². The number of phosphoric acid groups is 2. The SMILES string of the molecule is CCCC/C=C\CCCCCCCC(=O)OC(COC(=O)CCCCCCC/C=C\CCCCCCCC)COP(=O)(O)OCC(O)COP(=O)(O)OCC(COC(=O)CCCCCCC/C=C\CCCCCCCC)OC(=O)CCCCCCC/C=C\CCCC. The zero-order valence-electron chi connectivity index (χ0n) is 58.5. The summed E-state index contributed by atoms with van der Waals surface area (Å²) in [6.45, 7) is 4.78. The predicted octanol–water partition coefficient (Wildman–Crippen LogP) is 20.6. The molecule has 538 valence electrons. The van der Waals surface area contributed by atoms with Crippen molar-refractivity contribution in [1.82, 2.24) is 0 Å². The highest BCUT2D eigenvalue weighted by Crippen LogP contribution is 2.45. The molecule has 0 radical (unpaired) electrons. The molecule has 0 aliphatic heterocycles. The first-order valence-electron chi connectivity index (χ1n) is 36.9. The Bertz CT molecular complexity index is 1810. The van der Waals surface area contributed by atoms with Crippen molar-refractivity contribution < 1.29 is 80.2 Å². The molecule has 17 nitrogen and oxygen atoms in total. The van der Waals surface area contributed by atoms with Crippen LogP contribution in [0.25, 0.3) is 0 Å². The normalized spacial score (nSPS) is 14.3. The molecule has 0 rings (SSSR count). The monoisotopic (exact) mass is 1340 g/mol. The van der Waals surface area contributed by atoms with Crippen molar-refractivity contribution in [3.8, 4) is 0 Å². The number of aliphatic hydroxyl groups excluding tert-OH is 1. The lowest BCUT2D eigenvalue weighted by atomic mass is 10.1.